The molecule has 21 heavy (non-hydrogen) atoms. The lowest BCUT2D eigenvalue weighted by molar-refractivity contribution is 0.293. The van der Waals surface area contributed by atoms with Crippen molar-refractivity contribution in [2.24, 2.45) is 0 Å². The standard InChI is InChI=1S/C15H23N3O2S/c1-3-10-18(4-2)11-9-17-21(19,20)13-15-8-6-5-7-14(15)12-16/h5-8,17H,3-4,9-11,13H2,1-2H3. The van der Waals surface area contributed by atoms with Gasteiger partial charge in [0.15, 0.2) is 0 Å². The van der Waals surface area contributed by atoms with Gasteiger partial charge in [-0.3, -0.25) is 0 Å². The Bertz CT molecular complexity index is 579. The number of likely N-dealkylation sites (N-methyl/N-ethyl adjacent to an activating group) is 1. The first kappa shape index (κ1) is 17.6. The van der Waals surface area contributed by atoms with E-state index in [2.05, 4.69) is 23.5 Å². The number of nitrogens with zero attached hydrogens (tertiary/aromatic N) is 2. The fraction of sp³-hybridized carbons (Fsp3) is 0.533. The lowest BCUT2D eigenvalue weighted by Crippen LogP contribution is -2.35. The molecule has 0 unspecified atom stereocenters. The number of rotatable bonds is 9. The van der Waals surface area contributed by atoms with Crippen LogP contribution in [0.2, 0.25) is 0 Å². The molecule has 1 aromatic rings. The predicted molar refractivity (Wildman–Crippen MR) is 84.2 cm³/mol. The Kier molecular flexibility index (Phi) is 7.37. The van der Waals surface area contributed by atoms with Crippen molar-refractivity contribution in [2.45, 2.75) is 26.0 Å². The molecule has 6 heteroatoms. The van der Waals surface area contributed by atoms with Gasteiger partial charge in [-0.05, 0) is 31.1 Å². The third-order valence-electron chi connectivity index (χ3n) is 3.22. The van der Waals surface area contributed by atoms with Gasteiger partial charge in [0, 0.05) is 13.1 Å². The molecular weight excluding hydrogens is 286 g/mol. The molecule has 0 aliphatic rings. The molecule has 0 bridgehead atoms. The molecule has 0 atom stereocenters. The molecular formula is C15H23N3O2S. The fourth-order valence-corrected chi connectivity index (χ4v) is 3.28. The van der Waals surface area contributed by atoms with E-state index in [1.54, 1.807) is 24.3 Å². The number of sulfonamides is 1. The predicted octanol–water partition coefficient (Wildman–Crippen LogP) is 1.71. The first-order chi connectivity index (χ1) is 10.0. The Balaban J connectivity index is 2.56. The van der Waals surface area contributed by atoms with Crippen LogP contribution in [0.5, 0.6) is 0 Å². The molecule has 116 valence electrons. The van der Waals surface area contributed by atoms with E-state index in [4.69, 9.17) is 5.26 Å². The minimum atomic E-state index is -3.41. The van der Waals surface area contributed by atoms with Crippen LogP contribution in [-0.2, 0) is 15.8 Å². The molecule has 0 radical (unpaired) electrons. The zero-order chi connectivity index (χ0) is 15.7. The molecule has 0 fully saturated rings. The van der Waals surface area contributed by atoms with Gasteiger partial charge in [-0.25, -0.2) is 13.1 Å². The Labute approximate surface area is 127 Å². The summed E-state index contributed by atoms with van der Waals surface area (Å²) in [4.78, 5) is 2.20. The van der Waals surface area contributed by atoms with Gasteiger partial charge in [-0.1, -0.05) is 32.0 Å². The van der Waals surface area contributed by atoms with Crippen molar-refractivity contribution < 1.29 is 8.42 Å². The van der Waals surface area contributed by atoms with Crippen LogP contribution >= 0.6 is 0 Å². The second kappa shape index (κ2) is 8.78. The van der Waals surface area contributed by atoms with Crippen LogP contribution in [0.4, 0.5) is 0 Å². The van der Waals surface area contributed by atoms with E-state index in [9.17, 15) is 8.42 Å². The van der Waals surface area contributed by atoms with Crippen molar-refractivity contribution in [1.29, 1.82) is 5.26 Å². The SMILES string of the molecule is CCCN(CC)CCNS(=O)(=O)Cc1ccccc1C#N. The van der Waals surface area contributed by atoms with Crippen molar-refractivity contribution in [3.05, 3.63) is 35.4 Å². The molecule has 1 aromatic carbocycles. The van der Waals surface area contributed by atoms with Gasteiger partial charge in [-0.15, -0.1) is 0 Å². The molecule has 0 aromatic heterocycles. The summed E-state index contributed by atoms with van der Waals surface area (Å²) in [6.45, 7) is 7.13. The maximum absolute atomic E-state index is 12.1. The van der Waals surface area contributed by atoms with E-state index in [-0.39, 0.29) is 5.75 Å². The van der Waals surface area contributed by atoms with Gasteiger partial charge in [-0.2, -0.15) is 5.26 Å². The summed E-state index contributed by atoms with van der Waals surface area (Å²) in [5, 5.41) is 8.98. The smallest absolute Gasteiger partial charge is 0.215 e. The van der Waals surface area contributed by atoms with Gasteiger partial charge in [0.25, 0.3) is 0 Å². The first-order valence-electron chi connectivity index (χ1n) is 7.20. The number of nitriles is 1. The second-order valence-corrected chi connectivity index (χ2v) is 6.66. The van der Waals surface area contributed by atoms with Crippen molar-refractivity contribution in [2.75, 3.05) is 26.2 Å². The molecule has 0 spiro atoms. The summed E-state index contributed by atoms with van der Waals surface area (Å²) in [7, 11) is -3.41. The minimum Gasteiger partial charge on any atom is -0.302 e. The van der Waals surface area contributed by atoms with Crippen molar-refractivity contribution in [3.63, 3.8) is 0 Å². The fourth-order valence-electron chi connectivity index (χ4n) is 2.11. The highest BCUT2D eigenvalue weighted by Gasteiger charge is 2.14. The van der Waals surface area contributed by atoms with E-state index in [1.165, 1.54) is 0 Å². The second-order valence-electron chi connectivity index (χ2n) is 4.86. The van der Waals surface area contributed by atoms with E-state index in [0.717, 1.165) is 19.5 Å². The molecule has 1 N–H and O–H groups in total. The lowest BCUT2D eigenvalue weighted by Gasteiger charge is -2.19. The number of benzene rings is 1. The molecule has 1 rings (SSSR count). The lowest BCUT2D eigenvalue weighted by atomic mass is 10.1. The zero-order valence-electron chi connectivity index (χ0n) is 12.7. The highest BCUT2D eigenvalue weighted by molar-refractivity contribution is 7.88. The molecule has 0 aliphatic heterocycles. The minimum absolute atomic E-state index is 0.156. The van der Waals surface area contributed by atoms with E-state index in [0.29, 0.717) is 24.2 Å². The van der Waals surface area contributed by atoms with Crippen LogP contribution in [0.1, 0.15) is 31.4 Å². The maximum atomic E-state index is 12.1. The highest BCUT2D eigenvalue weighted by Crippen LogP contribution is 2.10. The zero-order valence-corrected chi connectivity index (χ0v) is 13.5. The summed E-state index contributed by atoms with van der Waals surface area (Å²) >= 11 is 0. The quantitative estimate of drug-likeness (QED) is 0.753. The Hall–Kier alpha value is -1.42. The van der Waals surface area contributed by atoms with Crippen molar-refractivity contribution in [1.82, 2.24) is 9.62 Å². The Morgan fingerprint density at radius 1 is 1.24 bits per heavy atom. The third-order valence-corrected chi connectivity index (χ3v) is 4.56. The largest absolute Gasteiger partial charge is 0.302 e. The van der Waals surface area contributed by atoms with Crippen LogP contribution in [0, 0.1) is 11.3 Å². The summed E-state index contributed by atoms with van der Waals surface area (Å²) in [6, 6.07) is 8.79. The molecule has 0 aliphatic carbocycles. The van der Waals surface area contributed by atoms with Crippen molar-refractivity contribution >= 4 is 10.0 Å². The highest BCUT2D eigenvalue weighted by atomic mass is 32.2. The first-order valence-corrected chi connectivity index (χ1v) is 8.85. The average Bonchev–Trinajstić information content (AvgIpc) is 2.46. The van der Waals surface area contributed by atoms with Gasteiger partial charge in [0.1, 0.15) is 0 Å². The normalized spacial score (nSPS) is 11.5. The van der Waals surface area contributed by atoms with E-state index < -0.39 is 10.0 Å². The van der Waals surface area contributed by atoms with Crippen LogP contribution in [0.3, 0.4) is 0 Å². The summed E-state index contributed by atoms with van der Waals surface area (Å²) in [5.41, 5.74) is 0.942. The molecule has 5 nitrogen and oxygen atoms in total. The van der Waals surface area contributed by atoms with E-state index >= 15 is 0 Å². The summed E-state index contributed by atoms with van der Waals surface area (Å²) < 4.78 is 26.7. The van der Waals surface area contributed by atoms with Crippen LogP contribution in [-0.4, -0.2) is 39.5 Å². The molecule has 0 amide bonds. The third kappa shape index (κ3) is 6.25. The topological polar surface area (TPSA) is 73.2 Å². The molecule has 0 saturated carbocycles. The number of hydrogen-bond acceptors (Lipinski definition) is 4. The monoisotopic (exact) mass is 309 g/mol. The van der Waals surface area contributed by atoms with Crippen LogP contribution in [0.25, 0.3) is 0 Å². The van der Waals surface area contributed by atoms with Gasteiger partial charge < -0.3 is 4.90 Å². The molecule has 0 heterocycles. The van der Waals surface area contributed by atoms with Gasteiger partial charge >= 0.3 is 0 Å². The average molecular weight is 309 g/mol. The number of hydrogen-bond donors (Lipinski definition) is 1. The van der Waals surface area contributed by atoms with Gasteiger partial charge in [0.05, 0.1) is 17.4 Å². The van der Waals surface area contributed by atoms with Crippen LogP contribution in [0.15, 0.2) is 24.3 Å². The number of nitrogens with one attached hydrogen (secondary N) is 1. The van der Waals surface area contributed by atoms with E-state index in [1.807, 2.05) is 6.07 Å². The maximum Gasteiger partial charge on any atom is 0.215 e. The van der Waals surface area contributed by atoms with Crippen LogP contribution < -0.4 is 4.72 Å². The molecule has 0 saturated heterocycles. The Morgan fingerprint density at radius 2 is 1.95 bits per heavy atom. The summed E-state index contributed by atoms with van der Waals surface area (Å²) in [5.74, 6) is -0.156. The van der Waals surface area contributed by atoms with Crippen molar-refractivity contribution in [3.8, 4) is 6.07 Å². The van der Waals surface area contributed by atoms with Gasteiger partial charge in [0.2, 0.25) is 10.0 Å². The summed E-state index contributed by atoms with van der Waals surface area (Å²) in [6.07, 6.45) is 1.05. The Morgan fingerprint density at radius 3 is 2.57 bits per heavy atom.